The number of hydrogen-bond donors (Lipinski definition) is 2. The van der Waals surface area contributed by atoms with Crippen molar-refractivity contribution in [2.24, 2.45) is 0 Å². The Morgan fingerprint density at radius 1 is 1.10 bits per heavy atom. The van der Waals surface area contributed by atoms with Crippen LogP contribution >= 0.6 is 0 Å². The number of carbonyl (C=O) groups excluding carboxylic acids is 1. The third-order valence-electron chi connectivity index (χ3n) is 4.86. The van der Waals surface area contributed by atoms with Gasteiger partial charge in [0.2, 0.25) is 0 Å². The zero-order valence-corrected chi connectivity index (χ0v) is 16.5. The van der Waals surface area contributed by atoms with Crippen molar-refractivity contribution in [2.45, 2.75) is 19.9 Å². The largest absolute Gasteiger partial charge is 0.385 e. The first kappa shape index (κ1) is 18.9. The molecule has 0 radical (unpaired) electrons. The molecular weight excluding hydrogens is 366 g/mol. The van der Waals surface area contributed by atoms with Gasteiger partial charge in [0.05, 0.1) is 11.0 Å². The smallest absolute Gasteiger partial charge is 0.261 e. The first-order valence-corrected chi connectivity index (χ1v) is 9.50. The van der Waals surface area contributed by atoms with Crippen LogP contribution in [0.3, 0.4) is 0 Å². The Labute approximate surface area is 168 Å². The molecule has 0 spiro atoms. The second-order valence-corrected chi connectivity index (χ2v) is 6.96. The Balaban J connectivity index is 1.82. The number of carbonyl (C=O) groups is 1. The van der Waals surface area contributed by atoms with E-state index >= 15 is 0 Å². The van der Waals surface area contributed by atoms with Crippen LogP contribution in [-0.2, 0) is 11.3 Å². The van der Waals surface area contributed by atoms with Crippen molar-refractivity contribution in [3.63, 3.8) is 0 Å². The summed E-state index contributed by atoms with van der Waals surface area (Å²) in [6, 6.07) is 15.2. The predicted molar refractivity (Wildman–Crippen MR) is 115 cm³/mol. The third-order valence-corrected chi connectivity index (χ3v) is 4.86. The van der Waals surface area contributed by atoms with E-state index in [1.54, 1.807) is 7.11 Å². The number of benzene rings is 2. The first-order chi connectivity index (χ1) is 14.1. The molecule has 3 N–H and O–H groups in total. The van der Waals surface area contributed by atoms with E-state index in [1.807, 2.05) is 60.0 Å². The maximum atomic E-state index is 13.1. The topological polar surface area (TPSA) is 95.1 Å². The Morgan fingerprint density at radius 2 is 1.79 bits per heavy atom. The summed E-state index contributed by atoms with van der Waals surface area (Å²) in [6.07, 6.45) is 0.748. The minimum absolute atomic E-state index is 0.300. The summed E-state index contributed by atoms with van der Waals surface area (Å²) >= 11 is 0. The van der Waals surface area contributed by atoms with E-state index in [0.29, 0.717) is 41.4 Å². The fourth-order valence-electron chi connectivity index (χ4n) is 3.36. The van der Waals surface area contributed by atoms with Crippen LogP contribution in [0.25, 0.3) is 22.2 Å². The second-order valence-electron chi connectivity index (χ2n) is 6.96. The van der Waals surface area contributed by atoms with Gasteiger partial charge in [-0.2, -0.15) is 0 Å². The van der Waals surface area contributed by atoms with E-state index in [4.69, 9.17) is 20.4 Å². The number of fused-ring (bicyclic) bond motifs is 2. The van der Waals surface area contributed by atoms with Gasteiger partial charge in [-0.1, -0.05) is 29.8 Å². The quantitative estimate of drug-likeness (QED) is 0.490. The lowest BCUT2D eigenvalue weighted by molar-refractivity contribution is 0.102. The molecule has 2 aromatic heterocycles. The molecule has 1 amide bonds. The molecule has 0 unspecified atom stereocenters. The number of ether oxygens (including phenoxy) is 1. The van der Waals surface area contributed by atoms with Crippen LogP contribution in [0.4, 0.5) is 11.5 Å². The number of aryl methyl sites for hydroxylation is 2. The zero-order chi connectivity index (χ0) is 20.4. The van der Waals surface area contributed by atoms with Crippen molar-refractivity contribution in [1.29, 1.82) is 0 Å². The molecule has 0 bridgehead atoms. The lowest BCUT2D eigenvalue weighted by Crippen LogP contribution is -2.15. The maximum Gasteiger partial charge on any atom is 0.261 e. The van der Waals surface area contributed by atoms with Crippen LogP contribution in [0.1, 0.15) is 22.3 Å². The van der Waals surface area contributed by atoms with Crippen molar-refractivity contribution in [1.82, 2.24) is 14.5 Å². The van der Waals surface area contributed by atoms with Crippen molar-refractivity contribution in [2.75, 3.05) is 24.8 Å². The number of anilines is 2. The normalized spacial score (nSPS) is 11.2. The van der Waals surface area contributed by atoms with Crippen LogP contribution < -0.4 is 11.1 Å². The Kier molecular flexibility index (Phi) is 5.14. The van der Waals surface area contributed by atoms with E-state index in [-0.39, 0.29) is 5.91 Å². The summed E-state index contributed by atoms with van der Waals surface area (Å²) in [6.45, 7) is 3.17. The number of nitrogens with zero attached hydrogens (tertiary/aromatic N) is 3. The molecular formula is C22H23N5O2. The number of para-hydroxylation sites is 2. The average molecular weight is 389 g/mol. The molecule has 7 heteroatoms. The highest BCUT2D eigenvalue weighted by molar-refractivity contribution is 6.16. The SMILES string of the molecule is COCCCn1c(N)c(C(=O)Nc2ccc(C)cc2)c2nc3ccccc3nc21. The molecule has 0 aliphatic carbocycles. The molecule has 0 saturated carbocycles. The zero-order valence-electron chi connectivity index (χ0n) is 16.5. The summed E-state index contributed by atoms with van der Waals surface area (Å²) in [5.41, 5.74) is 11.2. The number of rotatable bonds is 6. The number of hydrogen-bond acceptors (Lipinski definition) is 5. The predicted octanol–water partition coefficient (Wildman–Crippen LogP) is 3.76. The van der Waals surface area contributed by atoms with Gasteiger partial charge in [-0.3, -0.25) is 4.79 Å². The molecule has 0 saturated heterocycles. The number of aromatic nitrogens is 3. The molecule has 2 heterocycles. The van der Waals surface area contributed by atoms with Gasteiger partial charge in [0, 0.05) is 25.9 Å². The molecule has 29 heavy (non-hydrogen) atoms. The van der Waals surface area contributed by atoms with E-state index < -0.39 is 0 Å². The minimum atomic E-state index is -0.300. The molecule has 0 aliphatic heterocycles. The summed E-state index contributed by atoms with van der Waals surface area (Å²) in [5, 5.41) is 2.92. The van der Waals surface area contributed by atoms with Crippen LogP contribution in [-0.4, -0.2) is 34.2 Å². The van der Waals surface area contributed by atoms with Crippen LogP contribution in [0, 0.1) is 6.92 Å². The van der Waals surface area contributed by atoms with Gasteiger partial charge in [0.1, 0.15) is 16.9 Å². The van der Waals surface area contributed by atoms with Gasteiger partial charge in [0.15, 0.2) is 5.65 Å². The average Bonchev–Trinajstić information content (AvgIpc) is 2.99. The van der Waals surface area contributed by atoms with E-state index in [9.17, 15) is 4.79 Å². The monoisotopic (exact) mass is 389 g/mol. The number of nitrogens with one attached hydrogen (secondary N) is 1. The van der Waals surface area contributed by atoms with Crippen molar-refractivity contribution in [3.8, 4) is 0 Å². The molecule has 4 aromatic rings. The van der Waals surface area contributed by atoms with Gasteiger partial charge in [-0.15, -0.1) is 0 Å². The van der Waals surface area contributed by atoms with Crippen LogP contribution in [0.2, 0.25) is 0 Å². The van der Waals surface area contributed by atoms with E-state index in [0.717, 1.165) is 23.0 Å². The fraction of sp³-hybridized carbons (Fsp3) is 0.227. The molecule has 7 nitrogen and oxygen atoms in total. The second kappa shape index (κ2) is 7.89. The van der Waals surface area contributed by atoms with Crippen molar-refractivity contribution < 1.29 is 9.53 Å². The number of methoxy groups -OCH3 is 1. The summed E-state index contributed by atoms with van der Waals surface area (Å²) in [4.78, 5) is 22.6. The Bertz CT molecular complexity index is 1180. The fourth-order valence-corrected chi connectivity index (χ4v) is 3.36. The highest BCUT2D eigenvalue weighted by atomic mass is 16.5. The van der Waals surface area contributed by atoms with Gasteiger partial charge in [-0.25, -0.2) is 9.97 Å². The van der Waals surface area contributed by atoms with Crippen molar-refractivity contribution in [3.05, 3.63) is 59.7 Å². The summed E-state index contributed by atoms with van der Waals surface area (Å²) in [5.74, 6) is 0.0578. The van der Waals surface area contributed by atoms with Crippen LogP contribution in [0.5, 0.6) is 0 Å². The number of nitrogens with two attached hydrogens (primary N) is 1. The Hall–Kier alpha value is -3.45. The van der Waals surface area contributed by atoms with Crippen LogP contribution in [0.15, 0.2) is 48.5 Å². The van der Waals surface area contributed by atoms with E-state index in [1.165, 1.54) is 0 Å². The minimum Gasteiger partial charge on any atom is -0.385 e. The maximum absolute atomic E-state index is 13.1. The molecule has 0 atom stereocenters. The lowest BCUT2D eigenvalue weighted by Gasteiger charge is -2.08. The summed E-state index contributed by atoms with van der Waals surface area (Å²) in [7, 11) is 1.66. The molecule has 0 fully saturated rings. The molecule has 148 valence electrons. The number of amides is 1. The highest BCUT2D eigenvalue weighted by Gasteiger charge is 2.24. The van der Waals surface area contributed by atoms with E-state index in [2.05, 4.69) is 5.32 Å². The molecule has 0 aliphatic rings. The Morgan fingerprint density at radius 3 is 2.48 bits per heavy atom. The molecule has 4 rings (SSSR count). The molecule has 2 aromatic carbocycles. The first-order valence-electron chi connectivity index (χ1n) is 9.50. The third kappa shape index (κ3) is 3.64. The van der Waals surface area contributed by atoms with Crippen molar-refractivity contribution >= 4 is 39.6 Å². The van der Waals surface area contributed by atoms with Gasteiger partial charge in [0.25, 0.3) is 5.91 Å². The standard InChI is InChI=1S/C22H23N5O2/c1-14-8-10-15(11-9-14)24-22(28)18-19-21(27(20(18)23)12-5-13-29-2)26-17-7-4-3-6-16(17)25-19/h3-4,6-11H,5,12-13,23H2,1-2H3,(H,24,28). The number of nitrogen functional groups attached to an aromatic ring is 1. The van der Waals surface area contributed by atoms with Gasteiger partial charge in [-0.05, 0) is 37.6 Å². The highest BCUT2D eigenvalue weighted by Crippen LogP contribution is 2.29. The van der Waals surface area contributed by atoms with Gasteiger partial charge >= 0.3 is 0 Å². The van der Waals surface area contributed by atoms with Gasteiger partial charge < -0.3 is 20.4 Å². The summed E-state index contributed by atoms with van der Waals surface area (Å²) < 4.78 is 7.00. The lowest BCUT2D eigenvalue weighted by atomic mass is 10.2.